The maximum atomic E-state index is 5.39. The maximum Gasteiger partial charge on any atom is 0.164 e. The number of rotatable bonds is 5. The molecule has 3 aromatic heterocycles. The Balaban J connectivity index is 1.04. The molecule has 0 amide bonds. The van der Waals surface area contributed by atoms with E-state index in [9.17, 15) is 0 Å². The lowest BCUT2D eigenvalue weighted by atomic mass is 9.96. The Labute approximate surface area is 379 Å². The highest BCUT2D eigenvalue weighted by atomic mass is 15.0. The normalized spacial score (nSPS) is 11.9. The van der Waals surface area contributed by atoms with Gasteiger partial charge in [-0.1, -0.05) is 170 Å². The molecular weight excluding hydrogens is 803 g/mol. The summed E-state index contributed by atoms with van der Waals surface area (Å²) in [5.41, 5.74) is 9.74. The zero-order valence-electron chi connectivity index (χ0n) is 35.6. The standard InChI is InChI=1S/C61H37N5/c1-2-17-38(18-3-1)59-62-60(64-61(63-59)50-36-41-21-6-7-22-42(41)43-23-8-9-24-44(43)50)49-33-34-54(46-26-11-10-25-45(46)49)66-56-32-16-31-55(58(56)51-35-39-19-4-5-20-40(39)37-57(51)66)65-52-29-14-12-27-47(52)48-28-13-15-30-53(48)65/h1-37H. The zero-order chi connectivity index (χ0) is 43.3. The van der Waals surface area contributed by atoms with Crippen LogP contribution < -0.4 is 0 Å². The molecule has 66 heavy (non-hydrogen) atoms. The highest BCUT2D eigenvalue weighted by Crippen LogP contribution is 2.43. The number of para-hydroxylation sites is 2. The fourth-order valence-electron chi connectivity index (χ4n) is 10.6. The Morgan fingerprint density at radius 1 is 0.258 bits per heavy atom. The average molecular weight is 840 g/mol. The Hall–Kier alpha value is -8.93. The minimum atomic E-state index is 0.626. The number of hydrogen-bond acceptors (Lipinski definition) is 3. The molecule has 11 aromatic carbocycles. The molecule has 0 aliphatic heterocycles. The first-order valence-corrected chi connectivity index (χ1v) is 22.4. The van der Waals surface area contributed by atoms with Gasteiger partial charge in [0.2, 0.25) is 0 Å². The molecule has 0 fully saturated rings. The Bertz CT molecular complexity index is 4240. The molecule has 5 nitrogen and oxygen atoms in total. The monoisotopic (exact) mass is 839 g/mol. The third-order valence-electron chi connectivity index (χ3n) is 13.5. The van der Waals surface area contributed by atoms with Crippen molar-refractivity contribution in [2.75, 3.05) is 0 Å². The van der Waals surface area contributed by atoms with Crippen LogP contribution in [0.1, 0.15) is 0 Å². The van der Waals surface area contributed by atoms with Gasteiger partial charge in [-0.15, -0.1) is 0 Å². The Morgan fingerprint density at radius 3 is 1.50 bits per heavy atom. The molecule has 14 aromatic rings. The van der Waals surface area contributed by atoms with Crippen molar-refractivity contribution in [1.82, 2.24) is 24.1 Å². The summed E-state index contributed by atoms with van der Waals surface area (Å²) < 4.78 is 4.92. The lowest BCUT2D eigenvalue weighted by molar-refractivity contribution is 1.08. The number of aromatic nitrogens is 5. The first-order chi connectivity index (χ1) is 32.7. The van der Waals surface area contributed by atoms with Crippen LogP contribution in [0, 0.1) is 0 Å². The zero-order valence-corrected chi connectivity index (χ0v) is 35.6. The molecule has 306 valence electrons. The van der Waals surface area contributed by atoms with Crippen LogP contribution in [0.15, 0.2) is 224 Å². The Morgan fingerprint density at radius 2 is 0.773 bits per heavy atom. The van der Waals surface area contributed by atoms with Crippen molar-refractivity contribution in [1.29, 1.82) is 0 Å². The highest BCUT2D eigenvalue weighted by molar-refractivity contribution is 6.20. The van der Waals surface area contributed by atoms with Gasteiger partial charge in [0.25, 0.3) is 0 Å². The van der Waals surface area contributed by atoms with Crippen molar-refractivity contribution in [2.24, 2.45) is 0 Å². The number of fused-ring (bicyclic) bond motifs is 11. The van der Waals surface area contributed by atoms with E-state index in [4.69, 9.17) is 15.0 Å². The predicted octanol–water partition coefficient (Wildman–Crippen LogP) is 15.7. The first kappa shape index (κ1) is 36.5. The second-order valence-corrected chi connectivity index (χ2v) is 17.1. The lowest BCUT2D eigenvalue weighted by Crippen LogP contribution is -2.02. The van der Waals surface area contributed by atoms with Gasteiger partial charge in [0, 0.05) is 43.6 Å². The van der Waals surface area contributed by atoms with Gasteiger partial charge in [0.05, 0.1) is 33.4 Å². The molecule has 0 N–H and O–H groups in total. The van der Waals surface area contributed by atoms with Crippen LogP contribution in [0.2, 0.25) is 0 Å². The minimum absolute atomic E-state index is 0.626. The van der Waals surface area contributed by atoms with Crippen molar-refractivity contribution in [2.45, 2.75) is 0 Å². The van der Waals surface area contributed by atoms with Gasteiger partial charge >= 0.3 is 0 Å². The molecule has 0 saturated heterocycles. The smallest absolute Gasteiger partial charge is 0.164 e. The third-order valence-corrected chi connectivity index (χ3v) is 13.5. The van der Waals surface area contributed by atoms with Crippen molar-refractivity contribution in [3.05, 3.63) is 224 Å². The third kappa shape index (κ3) is 5.44. The van der Waals surface area contributed by atoms with E-state index in [1.54, 1.807) is 0 Å². The summed E-state index contributed by atoms with van der Waals surface area (Å²) >= 11 is 0. The highest BCUT2D eigenvalue weighted by Gasteiger charge is 2.23. The van der Waals surface area contributed by atoms with Crippen LogP contribution >= 0.6 is 0 Å². The van der Waals surface area contributed by atoms with Crippen molar-refractivity contribution in [3.63, 3.8) is 0 Å². The molecule has 0 saturated carbocycles. The lowest BCUT2D eigenvalue weighted by Gasteiger charge is -2.16. The van der Waals surface area contributed by atoms with Crippen molar-refractivity contribution >= 4 is 86.7 Å². The van der Waals surface area contributed by atoms with Gasteiger partial charge in [0.1, 0.15) is 0 Å². The van der Waals surface area contributed by atoms with E-state index in [1.165, 1.54) is 54.1 Å². The number of nitrogens with zero attached hydrogens (tertiary/aromatic N) is 5. The van der Waals surface area contributed by atoms with Gasteiger partial charge in [-0.3, -0.25) is 0 Å². The van der Waals surface area contributed by atoms with E-state index in [0.29, 0.717) is 17.5 Å². The van der Waals surface area contributed by atoms with Gasteiger partial charge < -0.3 is 9.13 Å². The number of hydrogen-bond donors (Lipinski definition) is 0. The van der Waals surface area contributed by atoms with Gasteiger partial charge in [-0.2, -0.15) is 0 Å². The summed E-state index contributed by atoms with van der Waals surface area (Å²) in [4.78, 5) is 15.9. The molecular formula is C61H37N5. The van der Waals surface area contributed by atoms with Crippen LogP contribution in [-0.2, 0) is 0 Å². The topological polar surface area (TPSA) is 48.5 Å². The first-order valence-electron chi connectivity index (χ1n) is 22.4. The maximum absolute atomic E-state index is 5.39. The summed E-state index contributed by atoms with van der Waals surface area (Å²) in [6.07, 6.45) is 0. The summed E-state index contributed by atoms with van der Waals surface area (Å²) in [5, 5.41) is 14.1. The molecule has 0 unspecified atom stereocenters. The minimum Gasteiger partial charge on any atom is -0.309 e. The summed E-state index contributed by atoms with van der Waals surface area (Å²) in [6.45, 7) is 0. The van der Waals surface area contributed by atoms with Crippen LogP contribution in [0.4, 0.5) is 0 Å². The molecule has 0 atom stereocenters. The molecule has 0 bridgehead atoms. The fourth-order valence-corrected chi connectivity index (χ4v) is 10.6. The van der Waals surface area contributed by atoms with E-state index >= 15 is 0 Å². The van der Waals surface area contributed by atoms with Gasteiger partial charge in [0.15, 0.2) is 17.5 Å². The van der Waals surface area contributed by atoms with E-state index < -0.39 is 0 Å². The summed E-state index contributed by atoms with van der Waals surface area (Å²) in [6, 6.07) is 80.5. The molecule has 0 aliphatic carbocycles. The van der Waals surface area contributed by atoms with Crippen molar-refractivity contribution in [3.8, 4) is 45.5 Å². The van der Waals surface area contributed by atoms with E-state index in [-0.39, 0.29) is 0 Å². The van der Waals surface area contributed by atoms with Crippen LogP contribution in [-0.4, -0.2) is 24.1 Å². The van der Waals surface area contributed by atoms with E-state index in [2.05, 4.69) is 215 Å². The quantitative estimate of drug-likeness (QED) is 0.162. The predicted molar refractivity (Wildman–Crippen MR) is 275 cm³/mol. The molecule has 0 aliphatic rings. The second-order valence-electron chi connectivity index (χ2n) is 17.1. The van der Waals surface area contributed by atoms with Gasteiger partial charge in [-0.05, 0) is 92.3 Å². The van der Waals surface area contributed by atoms with Crippen LogP contribution in [0.25, 0.3) is 132 Å². The molecule has 3 heterocycles. The van der Waals surface area contributed by atoms with Crippen LogP contribution in [0.5, 0.6) is 0 Å². The van der Waals surface area contributed by atoms with Crippen molar-refractivity contribution < 1.29 is 0 Å². The second kappa shape index (κ2) is 14.3. The molecule has 5 heteroatoms. The van der Waals surface area contributed by atoms with E-state index in [0.717, 1.165) is 60.6 Å². The molecule has 0 radical (unpaired) electrons. The molecule has 0 spiro atoms. The fraction of sp³-hybridized carbons (Fsp3) is 0. The largest absolute Gasteiger partial charge is 0.309 e. The SMILES string of the molecule is c1ccc(-c2nc(-c3ccc(-n4c5cc6ccccc6cc5c5c(-n6c7ccccc7c7ccccc76)cccc54)c4ccccc34)nc(-c3cc4ccccc4c4ccccc34)n2)cc1. The number of benzene rings is 11. The average Bonchev–Trinajstić information content (AvgIpc) is 3.90. The molecule has 14 rings (SSSR count). The van der Waals surface area contributed by atoms with Gasteiger partial charge in [-0.25, -0.2) is 15.0 Å². The summed E-state index contributed by atoms with van der Waals surface area (Å²) in [5.74, 6) is 1.90. The summed E-state index contributed by atoms with van der Waals surface area (Å²) in [7, 11) is 0. The van der Waals surface area contributed by atoms with Crippen LogP contribution in [0.3, 0.4) is 0 Å². The Kier molecular flexibility index (Phi) is 7.91. The van der Waals surface area contributed by atoms with E-state index in [1.807, 2.05) is 18.2 Å².